The lowest BCUT2D eigenvalue weighted by Crippen LogP contribution is -1.92. The summed E-state index contributed by atoms with van der Waals surface area (Å²) in [6.07, 6.45) is 3.42. The summed E-state index contributed by atoms with van der Waals surface area (Å²) in [7, 11) is 0. The molecule has 0 saturated heterocycles. The van der Waals surface area contributed by atoms with E-state index in [4.69, 9.17) is 0 Å². The minimum absolute atomic E-state index is 0.626. The predicted octanol–water partition coefficient (Wildman–Crippen LogP) is 2.60. The molecule has 0 bridgehead atoms. The molecular formula is C10H9N3S. The van der Waals surface area contributed by atoms with Crippen molar-refractivity contribution in [2.24, 2.45) is 0 Å². The van der Waals surface area contributed by atoms with E-state index in [1.54, 1.807) is 18.5 Å². The molecule has 2 aromatic rings. The lowest BCUT2D eigenvalue weighted by Gasteiger charge is -2.01. The first-order chi connectivity index (χ1) is 6.95. The van der Waals surface area contributed by atoms with Crippen LogP contribution in [0.3, 0.4) is 0 Å². The predicted molar refractivity (Wildman–Crippen MR) is 58.0 cm³/mol. The number of hydrogen-bond acceptors (Lipinski definition) is 4. The van der Waals surface area contributed by atoms with Gasteiger partial charge in [0.15, 0.2) is 0 Å². The summed E-state index contributed by atoms with van der Waals surface area (Å²) in [5.74, 6) is 0.626. The Kier molecular flexibility index (Phi) is 2.98. The molecule has 0 spiro atoms. The summed E-state index contributed by atoms with van der Waals surface area (Å²) < 4.78 is 3.06. The van der Waals surface area contributed by atoms with E-state index in [2.05, 4.69) is 14.7 Å². The average Bonchev–Trinajstić information content (AvgIpc) is 2.29. The third-order valence-electron chi connectivity index (χ3n) is 1.57. The van der Waals surface area contributed by atoms with Crippen LogP contribution >= 0.6 is 11.9 Å². The van der Waals surface area contributed by atoms with Crippen LogP contribution in [0, 0.1) is 0 Å². The van der Waals surface area contributed by atoms with E-state index >= 15 is 0 Å². The quantitative estimate of drug-likeness (QED) is 0.778. The number of rotatable bonds is 3. The van der Waals surface area contributed by atoms with E-state index in [0.717, 1.165) is 4.90 Å². The Bertz CT molecular complexity index is 338. The molecule has 1 aromatic heterocycles. The summed E-state index contributed by atoms with van der Waals surface area (Å²) in [6, 6.07) is 11.8. The molecule has 0 radical (unpaired) electrons. The fraction of sp³-hybridized carbons (Fsp3) is 0. The maximum Gasteiger partial charge on any atom is 0.233 e. The van der Waals surface area contributed by atoms with Crippen LogP contribution in [0.1, 0.15) is 0 Å². The first-order valence-corrected chi connectivity index (χ1v) is 5.02. The van der Waals surface area contributed by atoms with E-state index in [0.29, 0.717) is 5.95 Å². The molecule has 0 fully saturated rings. The number of benzene rings is 1. The highest BCUT2D eigenvalue weighted by Gasteiger charge is 1.94. The van der Waals surface area contributed by atoms with E-state index in [-0.39, 0.29) is 0 Å². The van der Waals surface area contributed by atoms with E-state index in [1.165, 1.54) is 11.9 Å². The van der Waals surface area contributed by atoms with Gasteiger partial charge >= 0.3 is 0 Å². The number of aromatic nitrogens is 2. The molecule has 0 aliphatic rings. The molecule has 4 heteroatoms. The second-order valence-electron chi connectivity index (χ2n) is 2.59. The molecule has 0 aliphatic carbocycles. The summed E-state index contributed by atoms with van der Waals surface area (Å²) in [5.41, 5.74) is 0. The van der Waals surface area contributed by atoms with Crippen LogP contribution in [0.2, 0.25) is 0 Å². The highest BCUT2D eigenvalue weighted by molar-refractivity contribution is 8.00. The molecule has 1 heterocycles. The largest absolute Gasteiger partial charge is 0.294 e. The Morgan fingerprint density at radius 2 is 1.64 bits per heavy atom. The molecular weight excluding hydrogens is 194 g/mol. The molecule has 2 rings (SSSR count). The lowest BCUT2D eigenvalue weighted by atomic mass is 10.4. The van der Waals surface area contributed by atoms with Crippen LogP contribution in [0.15, 0.2) is 53.7 Å². The Morgan fingerprint density at radius 1 is 0.929 bits per heavy atom. The van der Waals surface area contributed by atoms with Crippen molar-refractivity contribution in [3.05, 3.63) is 48.8 Å². The van der Waals surface area contributed by atoms with Gasteiger partial charge in [0.25, 0.3) is 0 Å². The number of anilines is 1. The van der Waals surface area contributed by atoms with Gasteiger partial charge in [-0.3, -0.25) is 4.72 Å². The second-order valence-corrected chi connectivity index (χ2v) is 3.47. The minimum Gasteiger partial charge on any atom is -0.294 e. The molecule has 1 aromatic carbocycles. The third kappa shape index (κ3) is 2.47. The van der Waals surface area contributed by atoms with Crippen LogP contribution < -0.4 is 4.72 Å². The number of nitrogens with zero attached hydrogens (tertiary/aromatic N) is 2. The Morgan fingerprint density at radius 3 is 2.36 bits per heavy atom. The summed E-state index contributed by atoms with van der Waals surface area (Å²) in [5, 5.41) is 0. The first kappa shape index (κ1) is 9.02. The standard InChI is InChI=1S/C10H9N3S/c1-2-5-9(6-3-1)14-13-10-11-7-4-8-12-10/h1-8H,(H,11,12,13). The van der Waals surface area contributed by atoms with Gasteiger partial charge in [0.05, 0.1) is 0 Å². The van der Waals surface area contributed by atoms with Crippen molar-refractivity contribution >= 4 is 17.9 Å². The van der Waals surface area contributed by atoms with Crippen molar-refractivity contribution in [3.8, 4) is 0 Å². The summed E-state index contributed by atoms with van der Waals surface area (Å²) >= 11 is 1.50. The van der Waals surface area contributed by atoms with Crippen molar-refractivity contribution in [3.63, 3.8) is 0 Å². The van der Waals surface area contributed by atoms with Crippen molar-refractivity contribution in [1.82, 2.24) is 9.97 Å². The zero-order valence-corrected chi connectivity index (χ0v) is 8.24. The zero-order chi connectivity index (χ0) is 9.64. The van der Waals surface area contributed by atoms with Gasteiger partial charge in [-0.1, -0.05) is 18.2 Å². The third-order valence-corrected chi connectivity index (χ3v) is 2.36. The van der Waals surface area contributed by atoms with Gasteiger partial charge < -0.3 is 0 Å². The van der Waals surface area contributed by atoms with Crippen molar-refractivity contribution in [2.75, 3.05) is 4.72 Å². The van der Waals surface area contributed by atoms with Gasteiger partial charge in [-0.2, -0.15) is 0 Å². The van der Waals surface area contributed by atoms with Gasteiger partial charge in [0.2, 0.25) is 5.95 Å². The fourth-order valence-electron chi connectivity index (χ4n) is 0.945. The van der Waals surface area contributed by atoms with Crippen LogP contribution in [0.5, 0.6) is 0 Å². The first-order valence-electron chi connectivity index (χ1n) is 4.20. The lowest BCUT2D eigenvalue weighted by molar-refractivity contribution is 1.18. The van der Waals surface area contributed by atoms with Crippen LogP contribution in [-0.4, -0.2) is 9.97 Å². The second kappa shape index (κ2) is 4.62. The average molecular weight is 203 g/mol. The van der Waals surface area contributed by atoms with Gasteiger partial charge in [-0.25, -0.2) is 9.97 Å². The smallest absolute Gasteiger partial charge is 0.233 e. The van der Waals surface area contributed by atoms with Gasteiger partial charge in [0, 0.05) is 17.3 Å². The summed E-state index contributed by atoms with van der Waals surface area (Å²) in [4.78, 5) is 9.24. The van der Waals surface area contributed by atoms with E-state index in [1.807, 2.05) is 30.3 Å². The molecule has 0 aliphatic heterocycles. The molecule has 0 atom stereocenters. The molecule has 0 amide bonds. The van der Waals surface area contributed by atoms with Gasteiger partial charge in [-0.05, 0) is 30.1 Å². The molecule has 0 saturated carbocycles. The summed E-state index contributed by atoms with van der Waals surface area (Å²) in [6.45, 7) is 0. The van der Waals surface area contributed by atoms with E-state index < -0.39 is 0 Å². The van der Waals surface area contributed by atoms with Crippen LogP contribution in [0.4, 0.5) is 5.95 Å². The van der Waals surface area contributed by atoms with Crippen molar-refractivity contribution in [2.45, 2.75) is 4.90 Å². The number of hydrogen-bond donors (Lipinski definition) is 1. The number of nitrogens with one attached hydrogen (secondary N) is 1. The van der Waals surface area contributed by atoms with Crippen molar-refractivity contribution < 1.29 is 0 Å². The van der Waals surface area contributed by atoms with Crippen LogP contribution in [-0.2, 0) is 0 Å². The Hall–Kier alpha value is -1.55. The monoisotopic (exact) mass is 203 g/mol. The molecule has 0 unspecified atom stereocenters. The normalized spacial score (nSPS) is 9.71. The maximum atomic E-state index is 4.05. The topological polar surface area (TPSA) is 37.8 Å². The highest BCUT2D eigenvalue weighted by atomic mass is 32.2. The van der Waals surface area contributed by atoms with Gasteiger partial charge in [-0.15, -0.1) is 0 Å². The Balaban J connectivity index is 1.96. The van der Waals surface area contributed by atoms with Crippen molar-refractivity contribution in [1.29, 1.82) is 0 Å². The van der Waals surface area contributed by atoms with E-state index in [9.17, 15) is 0 Å². The maximum absolute atomic E-state index is 4.05. The SMILES string of the molecule is c1ccc(SNc2ncccn2)cc1. The Labute approximate surface area is 86.7 Å². The van der Waals surface area contributed by atoms with Gasteiger partial charge in [0.1, 0.15) is 0 Å². The molecule has 70 valence electrons. The zero-order valence-electron chi connectivity index (χ0n) is 7.42. The molecule has 3 nitrogen and oxygen atoms in total. The van der Waals surface area contributed by atoms with Crippen LogP contribution in [0.25, 0.3) is 0 Å². The highest BCUT2D eigenvalue weighted by Crippen LogP contribution is 2.17. The molecule has 14 heavy (non-hydrogen) atoms. The molecule has 1 N–H and O–H groups in total. The minimum atomic E-state index is 0.626. The fourth-order valence-corrected chi connectivity index (χ4v) is 1.55.